The zero-order chi connectivity index (χ0) is 37.5. The van der Waals surface area contributed by atoms with Crippen molar-refractivity contribution in [2.45, 2.75) is 0 Å². The zero-order valence-electron chi connectivity index (χ0n) is 25.3. The first-order valence-corrected chi connectivity index (χ1v) is 17.5. The van der Waals surface area contributed by atoms with Crippen LogP contribution in [0.5, 0.6) is 0 Å². The van der Waals surface area contributed by atoms with Crippen LogP contribution in [-0.2, 0) is 16.5 Å². The van der Waals surface area contributed by atoms with Crippen LogP contribution in [0, 0.1) is 0 Å². The number of aromatic nitrogens is 6. The van der Waals surface area contributed by atoms with Crippen molar-refractivity contribution in [3.8, 4) is 34.2 Å². The van der Waals surface area contributed by atoms with Crippen molar-refractivity contribution in [3.05, 3.63) is 146 Å². The van der Waals surface area contributed by atoms with Gasteiger partial charge in [-0.05, 0) is 72.8 Å². The fourth-order valence-electron chi connectivity index (χ4n) is 3.09. The third-order valence-electron chi connectivity index (χ3n) is 4.78. The van der Waals surface area contributed by atoms with E-state index in [9.17, 15) is 50.4 Å². The number of halogens is 12. The molecule has 0 saturated carbocycles. The summed E-state index contributed by atoms with van der Waals surface area (Å²) in [6.07, 6.45) is 10.6. The summed E-state index contributed by atoms with van der Waals surface area (Å²) in [5.74, 6) is 0. The Balaban J connectivity index is 0.000000325. The summed E-state index contributed by atoms with van der Waals surface area (Å²) in [5.41, 5.74) is 5.49. The first-order chi connectivity index (χ1) is 22.8. The van der Waals surface area contributed by atoms with E-state index in [-0.39, 0.29) is 16.5 Å². The largest absolute Gasteiger partial charge is 2.00 e. The van der Waals surface area contributed by atoms with Gasteiger partial charge in [0, 0.05) is 37.2 Å². The molecule has 0 unspecified atom stereocenters. The summed E-state index contributed by atoms with van der Waals surface area (Å²) in [6, 6.07) is 34.8. The summed E-state index contributed by atoms with van der Waals surface area (Å²) in [6.45, 7) is 0. The van der Waals surface area contributed by atoms with Gasteiger partial charge in [0.1, 0.15) is 0 Å². The molecule has 0 saturated heterocycles. The van der Waals surface area contributed by atoms with Gasteiger partial charge in [0.25, 0.3) is 0 Å². The molecule has 0 N–H and O–H groups in total. The molecule has 0 amide bonds. The fraction of sp³-hybridized carbons (Fsp3) is 0. The molecule has 0 atom stereocenters. The Hall–Kier alpha value is -4.59. The maximum atomic E-state index is 9.87. The maximum Gasteiger partial charge on any atom is 2.00 e. The minimum absolute atomic E-state index is 0. The molecule has 0 spiro atoms. The molecule has 0 aliphatic carbocycles. The molecule has 278 valence electrons. The molecule has 6 nitrogen and oxygen atoms in total. The Kier molecular flexibility index (Phi) is 14.5. The van der Waals surface area contributed by atoms with E-state index in [1.165, 1.54) is 0 Å². The predicted octanol–water partition coefficient (Wildman–Crippen LogP) is 13.2. The van der Waals surface area contributed by atoms with E-state index < -0.39 is 15.6 Å². The Labute approximate surface area is 292 Å². The van der Waals surface area contributed by atoms with E-state index in [2.05, 4.69) is 29.9 Å². The van der Waals surface area contributed by atoms with Crippen LogP contribution < -0.4 is 0 Å². The second kappa shape index (κ2) is 16.6. The van der Waals surface area contributed by atoms with Crippen LogP contribution in [0.2, 0.25) is 0 Å². The van der Waals surface area contributed by atoms with Crippen molar-refractivity contribution in [1.82, 2.24) is 29.9 Å². The normalized spacial score (nSPS) is 13.2. The third-order valence-corrected chi connectivity index (χ3v) is 4.78. The Morgan fingerprint density at radius 2 is 0.373 bits per heavy atom. The average Bonchev–Trinajstić information content (AvgIpc) is 3.05. The van der Waals surface area contributed by atoms with Gasteiger partial charge in [-0.25, -0.2) is 0 Å². The number of hydrogen-bond acceptors (Lipinski definition) is 6. The molecule has 21 heteroatoms. The minimum atomic E-state index is -10.7. The predicted molar refractivity (Wildman–Crippen MR) is 170 cm³/mol. The van der Waals surface area contributed by atoms with Gasteiger partial charge in [-0.3, -0.25) is 29.9 Å². The van der Waals surface area contributed by atoms with Gasteiger partial charge < -0.3 is 0 Å². The van der Waals surface area contributed by atoms with E-state index >= 15 is 0 Å². The summed E-state index contributed by atoms with van der Waals surface area (Å²) < 4.78 is 118. The standard InChI is InChI=1S/3C10H8N2.2F6P.Ni/c3*1-3-7-11-9(5-1)10-6-2-4-8-12-10;2*1-7(2,3,4,5)6;/h3*1-8H;;;/q;;;2*-1;+2. The molecule has 6 heterocycles. The SMILES string of the molecule is F[P-](F)(F)(F)(F)F.F[P-](F)(F)(F)(F)F.[Ni+2].c1ccc(-c2ccccn2)nc1.c1ccc(-c2ccccn2)nc1.c1ccc(-c2ccccn2)nc1. The molecule has 6 aromatic heterocycles. The Morgan fingerprint density at radius 1 is 0.255 bits per heavy atom. The van der Waals surface area contributed by atoms with Gasteiger partial charge in [-0.15, -0.1) is 0 Å². The number of hydrogen-bond donors (Lipinski definition) is 0. The maximum absolute atomic E-state index is 10.7. The van der Waals surface area contributed by atoms with E-state index in [0.29, 0.717) is 0 Å². The quantitative estimate of drug-likeness (QED) is 0.101. The number of pyridine rings is 6. The van der Waals surface area contributed by atoms with Crippen LogP contribution >= 0.6 is 15.6 Å². The first-order valence-electron chi connectivity index (χ1n) is 13.4. The van der Waals surface area contributed by atoms with Gasteiger partial charge in [0.15, 0.2) is 0 Å². The zero-order valence-corrected chi connectivity index (χ0v) is 28.1. The van der Waals surface area contributed by atoms with Gasteiger partial charge in [0.05, 0.1) is 34.2 Å². The second-order valence-electron chi connectivity index (χ2n) is 9.21. The molecular formula is C30H24F12N6NiP2. The second-order valence-corrected chi connectivity index (χ2v) is 13.0. The first kappa shape index (κ1) is 44.4. The average molecular weight is 817 g/mol. The van der Waals surface area contributed by atoms with Crippen LogP contribution in [0.3, 0.4) is 0 Å². The van der Waals surface area contributed by atoms with Crippen molar-refractivity contribution in [2.75, 3.05) is 0 Å². The molecular weight excluding hydrogens is 793 g/mol. The third kappa shape index (κ3) is 27.9. The van der Waals surface area contributed by atoms with Gasteiger partial charge in [-0.1, -0.05) is 36.4 Å². The molecule has 0 aliphatic heterocycles. The van der Waals surface area contributed by atoms with Crippen molar-refractivity contribution in [3.63, 3.8) is 0 Å². The number of nitrogens with zero attached hydrogens (tertiary/aromatic N) is 6. The summed E-state index contributed by atoms with van der Waals surface area (Å²) in [5, 5.41) is 0. The van der Waals surface area contributed by atoms with Crippen LogP contribution in [-0.4, -0.2) is 29.9 Å². The smallest absolute Gasteiger partial charge is 0.255 e. The van der Waals surface area contributed by atoms with Crippen molar-refractivity contribution >= 4 is 15.6 Å². The molecule has 51 heavy (non-hydrogen) atoms. The van der Waals surface area contributed by atoms with E-state index in [0.717, 1.165) is 34.2 Å². The molecule has 0 aliphatic rings. The van der Waals surface area contributed by atoms with Crippen LogP contribution in [0.1, 0.15) is 0 Å². The molecule has 0 aromatic carbocycles. The van der Waals surface area contributed by atoms with Crippen LogP contribution in [0.15, 0.2) is 146 Å². The Bertz CT molecular complexity index is 1510. The molecule has 0 bridgehead atoms. The monoisotopic (exact) mass is 816 g/mol. The van der Waals surface area contributed by atoms with Gasteiger partial charge in [0.2, 0.25) is 0 Å². The van der Waals surface area contributed by atoms with E-state index in [1.807, 2.05) is 109 Å². The summed E-state index contributed by atoms with van der Waals surface area (Å²) >= 11 is 0. The van der Waals surface area contributed by atoms with Gasteiger partial charge >= 0.3 is 82.5 Å². The van der Waals surface area contributed by atoms with Crippen LogP contribution in [0.4, 0.5) is 50.4 Å². The number of rotatable bonds is 3. The van der Waals surface area contributed by atoms with Crippen molar-refractivity contribution in [1.29, 1.82) is 0 Å². The fourth-order valence-corrected chi connectivity index (χ4v) is 3.09. The van der Waals surface area contributed by atoms with E-state index in [1.54, 1.807) is 37.2 Å². The van der Waals surface area contributed by atoms with Gasteiger partial charge in [-0.2, -0.15) is 0 Å². The summed E-state index contributed by atoms with van der Waals surface area (Å²) in [4.78, 5) is 25.1. The minimum Gasteiger partial charge on any atom is -0.255 e. The van der Waals surface area contributed by atoms with E-state index in [4.69, 9.17) is 0 Å². The van der Waals surface area contributed by atoms with Crippen LogP contribution in [0.25, 0.3) is 34.2 Å². The molecule has 0 radical (unpaired) electrons. The topological polar surface area (TPSA) is 77.3 Å². The Morgan fingerprint density at radius 3 is 0.451 bits per heavy atom. The van der Waals surface area contributed by atoms with Crippen molar-refractivity contribution in [2.24, 2.45) is 0 Å². The summed E-state index contributed by atoms with van der Waals surface area (Å²) in [7, 11) is -21.3. The molecule has 6 aromatic rings. The molecule has 0 fully saturated rings. The van der Waals surface area contributed by atoms with Crippen molar-refractivity contribution < 1.29 is 66.9 Å². The molecule has 6 rings (SSSR count).